The summed E-state index contributed by atoms with van der Waals surface area (Å²) in [5.41, 5.74) is 1.34. The third-order valence-corrected chi connectivity index (χ3v) is 4.92. The van der Waals surface area contributed by atoms with Crippen LogP contribution in [-0.4, -0.2) is 44.9 Å². The molecule has 4 heteroatoms. The van der Waals surface area contributed by atoms with Crippen LogP contribution in [0.4, 0.5) is 0 Å². The van der Waals surface area contributed by atoms with E-state index in [1.54, 1.807) is 14.2 Å². The minimum absolute atomic E-state index is 0.478. The molecule has 0 bridgehead atoms. The van der Waals surface area contributed by atoms with Gasteiger partial charge in [-0.15, -0.1) is 0 Å². The van der Waals surface area contributed by atoms with Gasteiger partial charge in [-0.3, -0.25) is 4.90 Å². The first-order valence-corrected chi connectivity index (χ1v) is 8.39. The first kappa shape index (κ1) is 15.6. The highest BCUT2D eigenvalue weighted by molar-refractivity contribution is 5.44. The molecule has 22 heavy (non-hydrogen) atoms. The van der Waals surface area contributed by atoms with Gasteiger partial charge >= 0.3 is 0 Å². The smallest absolute Gasteiger partial charge is 0.161 e. The van der Waals surface area contributed by atoms with Gasteiger partial charge in [0.2, 0.25) is 0 Å². The van der Waals surface area contributed by atoms with Crippen molar-refractivity contribution in [3.8, 4) is 11.5 Å². The molecule has 0 aliphatic carbocycles. The molecule has 0 amide bonds. The van der Waals surface area contributed by atoms with Crippen LogP contribution >= 0.6 is 0 Å². The SMILES string of the molecule is COc1ccc([C@@H]2CCCN2CC[C@@H]2CCCO2)cc1OC. The number of methoxy groups -OCH3 is 2. The van der Waals surface area contributed by atoms with E-state index in [-0.39, 0.29) is 0 Å². The van der Waals surface area contributed by atoms with E-state index >= 15 is 0 Å². The summed E-state index contributed by atoms with van der Waals surface area (Å²) in [6.45, 7) is 3.26. The van der Waals surface area contributed by atoms with Crippen LogP contribution in [0.25, 0.3) is 0 Å². The van der Waals surface area contributed by atoms with Crippen molar-refractivity contribution >= 4 is 0 Å². The van der Waals surface area contributed by atoms with Crippen LogP contribution in [0.3, 0.4) is 0 Å². The molecule has 2 aliphatic heterocycles. The van der Waals surface area contributed by atoms with Crippen LogP contribution < -0.4 is 9.47 Å². The Bertz CT molecular complexity index is 485. The summed E-state index contributed by atoms with van der Waals surface area (Å²) in [6, 6.07) is 6.83. The Hall–Kier alpha value is -1.26. The number of rotatable bonds is 6. The van der Waals surface area contributed by atoms with Crippen molar-refractivity contribution < 1.29 is 14.2 Å². The van der Waals surface area contributed by atoms with Gasteiger partial charge in [-0.25, -0.2) is 0 Å². The van der Waals surface area contributed by atoms with Crippen molar-refractivity contribution in [3.63, 3.8) is 0 Å². The Kier molecular flexibility index (Phi) is 5.21. The molecule has 1 aromatic rings. The van der Waals surface area contributed by atoms with Crippen molar-refractivity contribution in [2.24, 2.45) is 0 Å². The number of ether oxygens (including phenoxy) is 3. The lowest BCUT2D eigenvalue weighted by atomic mass is 10.0. The van der Waals surface area contributed by atoms with Gasteiger partial charge in [-0.05, 0) is 56.3 Å². The van der Waals surface area contributed by atoms with Crippen molar-refractivity contribution in [3.05, 3.63) is 23.8 Å². The average Bonchev–Trinajstić information content (AvgIpc) is 3.23. The number of benzene rings is 1. The predicted octanol–water partition coefficient (Wildman–Crippen LogP) is 3.41. The first-order chi connectivity index (χ1) is 10.8. The van der Waals surface area contributed by atoms with Crippen LogP contribution in [-0.2, 0) is 4.74 Å². The lowest BCUT2D eigenvalue weighted by Gasteiger charge is -2.26. The minimum Gasteiger partial charge on any atom is -0.493 e. The second-order valence-corrected chi connectivity index (χ2v) is 6.23. The van der Waals surface area contributed by atoms with Crippen LogP contribution in [0, 0.1) is 0 Å². The molecule has 0 saturated carbocycles. The molecular weight excluding hydrogens is 278 g/mol. The zero-order valence-electron chi connectivity index (χ0n) is 13.7. The predicted molar refractivity (Wildman–Crippen MR) is 86.7 cm³/mol. The van der Waals surface area contributed by atoms with Gasteiger partial charge in [-0.1, -0.05) is 6.07 Å². The average molecular weight is 305 g/mol. The Labute approximate surface area is 133 Å². The van der Waals surface area contributed by atoms with E-state index < -0.39 is 0 Å². The van der Waals surface area contributed by atoms with Gasteiger partial charge in [0, 0.05) is 19.2 Å². The molecule has 0 unspecified atom stereocenters. The second kappa shape index (κ2) is 7.34. The fourth-order valence-electron chi connectivity index (χ4n) is 3.71. The van der Waals surface area contributed by atoms with Crippen molar-refractivity contribution in [1.29, 1.82) is 0 Å². The van der Waals surface area contributed by atoms with Gasteiger partial charge in [0.25, 0.3) is 0 Å². The summed E-state index contributed by atoms with van der Waals surface area (Å²) in [4.78, 5) is 2.60. The van der Waals surface area contributed by atoms with E-state index in [1.165, 1.54) is 37.8 Å². The molecule has 2 aliphatic rings. The maximum Gasteiger partial charge on any atom is 0.161 e. The molecule has 2 atom stereocenters. The Balaban J connectivity index is 1.66. The highest BCUT2D eigenvalue weighted by Gasteiger charge is 2.27. The number of hydrogen-bond acceptors (Lipinski definition) is 4. The minimum atomic E-state index is 0.478. The summed E-state index contributed by atoms with van der Waals surface area (Å²) in [7, 11) is 3.38. The van der Waals surface area contributed by atoms with Crippen LogP contribution in [0.2, 0.25) is 0 Å². The Morgan fingerprint density at radius 2 is 2.00 bits per heavy atom. The fourth-order valence-corrected chi connectivity index (χ4v) is 3.71. The van der Waals surface area contributed by atoms with Gasteiger partial charge in [0.05, 0.1) is 20.3 Å². The van der Waals surface area contributed by atoms with Gasteiger partial charge in [0.1, 0.15) is 0 Å². The molecule has 2 heterocycles. The van der Waals surface area contributed by atoms with Crippen LogP contribution in [0.15, 0.2) is 18.2 Å². The largest absolute Gasteiger partial charge is 0.493 e. The molecular formula is C18H27NO3. The number of likely N-dealkylation sites (tertiary alicyclic amines) is 1. The summed E-state index contributed by atoms with van der Waals surface area (Å²) >= 11 is 0. The maximum atomic E-state index is 5.76. The van der Waals surface area contributed by atoms with Crippen molar-refractivity contribution in [2.45, 2.75) is 44.2 Å². The normalized spacial score (nSPS) is 25.5. The number of nitrogens with zero attached hydrogens (tertiary/aromatic N) is 1. The summed E-state index contributed by atoms with van der Waals surface area (Å²) in [5, 5.41) is 0. The monoisotopic (exact) mass is 305 g/mol. The Morgan fingerprint density at radius 3 is 2.73 bits per heavy atom. The molecule has 0 N–H and O–H groups in total. The van der Waals surface area contributed by atoms with Gasteiger partial charge < -0.3 is 14.2 Å². The molecule has 2 fully saturated rings. The van der Waals surface area contributed by atoms with E-state index in [0.717, 1.165) is 31.1 Å². The third kappa shape index (κ3) is 3.39. The summed E-state index contributed by atoms with van der Waals surface area (Å²) in [5.74, 6) is 1.63. The highest BCUT2D eigenvalue weighted by atomic mass is 16.5. The maximum absolute atomic E-state index is 5.76. The molecule has 4 nitrogen and oxygen atoms in total. The number of hydrogen-bond donors (Lipinski definition) is 0. The lowest BCUT2D eigenvalue weighted by Crippen LogP contribution is -2.27. The fraction of sp³-hybridized carbons (Fsp3) is 0.667. The highest BCUT2D eigenvalue weighted by Crippen LogP contribution is 2.37. The molecule has 0 spiro atoms. The molecule has 1 aromatic carbocycles. The summed E-state index contributed by atoms with van der Waals surface area (Å²) < 4.78 is 16.5. The molecule has 0 aromatic heterocycles. The van der Waals surface area contributed by atoms with Crippen LogP contribution in [0.5, 0.6) is 11.5 Å². The zero-order valence-corrected chi connectivity index (χ0v) is 13.7. The summed E-state index contributed by atoms with van der Waals surface area (Å²) in [6.07, 6.45) is 6.58. The second-order valence-electron chi connectivity index (χ2n) is 6.23. The zero-order chi connectivity index (χ0) is 15.4. The molecule has 122 valence electrons. The van der Waals surface area contributed by atoms with E-state index in [9.17, 15) is 0 Å². The Morgan fingerprint density at radius 1 is 1.14 bits per heavy atom. The van der Waals surface area contributed by atoms with Gasteiger partial charge in [-0.2, -0.15) is 0 Å². The van der Waals surface area contributed by atoms with E-state index in [4.69, 9.17) is 14.2 Å². The first-order valence-electron chi connectivity index (χ1n) is 8.39. The van der Waals surface area contributed by atoms with Crippen LogP contribution in [0.1, 0.15) is 43.7 Å². The van der Waals surface area contributed by atoms with E-state index in [2.05, 4.69) is 17.0 Å². The van der Waals surface area contributed by atoms with E-state index in [0.29, 0.717) is 12.1 Å². The molecule has 3 rings (SSSR count). The van der Waals surface area contributed by atoms with Gasteiger partial charge in [0.15, 0.2) is 11.5 Å². The van der Waals surface area contributed by atoms with E-state index in [1.807, 2.05) is 6.07 Å². The molecule has 0 radical (unpaired) electrons. The molecule has 2 saturated heterocycles. The van der Waals surface area contributed by atoms with Crippen molar-refractivity contribution in [2.75, 3.05) is 33.9 Å². The standard InChI is InChI=1S/C18H27NO3/c1-20-17-8-7-14(13-18(17)21-2)16-6-3-10-19(16)11-9-15-5-4-12-22-15/h7-8,13,15-16H,3-6,9-12H2,1-2H3/t15-,16-/m0/s1. The lowest BCUT2D eigenvalue weighted by molar-refractivity contribution is 0.0901. The third-order valence-electron chi connectivity index (χ3n) is 4.92. The van der Waals surface area contributed by atoms with Crippen molar-refractivity contribution in [1.82, 2.24) is 4.90 Å². The topological polar surface area (TPSA) is 30.9 Å². The quantitative estimate of drug-likeness (QED) is 0.806.